The van der Waals surface area contributed by atoms with Crippen molar-refractivity contribution >= 4 is 35.2 Å². The second-order valence-electron chi connectivity index (χ2n) is 4.59. The zero-order valence-electron chi connectivity index (χ0n) is 11.5. The van der Waals surface area contributed by atoms with Crippen LogP contribution in [0, 0.1) is 6.92 Å². The molecule has 0 fully saturated rings. The monoisotopic (exact) mass is 320 g/mol. The second-order valence-corrected chi connectivity index (χ2v) is 5.44. The third kappa shape index (κ3) is 4.92. The van der Waals surface area contributed by atoms with Gasteiger partial charge in [0.05, 0.1) is 0 Å². The fraction of sp³-hybridized carbons (Fsp3) is 0.118. The molecule has 0 heterocycles. The first kappa shape index (κ1) is 15.6. The topological polar surface area (TPSA) is 26.3 Å². The van der Waals surface area contributed by atoms with E-state index in [1.54, 1.807) is 24.3 Å². The number of ether oxygens (including phenoxy) is 1. The quantitative estimate of drug-likeness (QED) is 0.581. The maximum Gasteiger partial charge on any atom is 0.331 e. The van der Waals surface area contributed by atoms with Crippen molar-refractivity contribution in [2.24, 2.45) is 0 Å². The zero-order valence-corrected chi connectivity index (χ0v) is 13.0. The Morgan fingerprint density at radius 2 is 1.86 bits per heavy atom. The Labute approximate surface area is 134 Å². The molecule has 0 saturated carbocycles. The molecule has 0 N–H and O–H groups in total. The summed E-state index contributed by atoms with van der Waals surface area (Å²) < 4.78 is 5.16. The predicted octanol–water partition coefficient (Wildman–Crippen LogP) is 5.06. The van der Waals surface area contributed by atoms with Crippen LogP contribution in [0.5, 0.6) is 0 Å². The average Bonchev–Trinajstić information content (AvgIpc) is 2.46. The van der Waals surface area contributed by atoms with E-state index in [1.807, 2.05) is 31.2 Å². The molecule has 0 radical (unpaired) electrons. The lowest BCUT2D eigenvalue weighted by molar-refractivity contribution is -0.138. The SMILES string of the molecule is Cc1ccc(COC(=O)/C=C/c2ccc(Cl)cc2Cl)cc1. The maximum atomic E-state index is 11.7. The highest BCUT2D eigenvalue weighted by Gasteiger charge is 2.01. The molecule has 2 rings (SSSR count). The highest BCUT2D eigenvalue weighted by atomic mass is 35.5. The standard InChI is InChI=1S/C17H14Cl2O2/c1-12-2-4-13(5-3-12)11-21-17(20)9-7-14-6-8-15(18)10-16(14)19/h2-10H,11H2,1H3/b9-7+. The third-order valence-electron chi connectivity index (χ3n) is 2.86. The van der Waals surface area contributed by atoms with Crippen LogP contribution >= 0.6 is 23.2 Å². The molecule has 4 heteroatoms. The average molecular weight is 321 g/mol. The van der Waals surface area contributed by atoms with Gasteiger partial charge >= 0.3 is 5.97 Å². The fourth-order valence-electron chi connectivity index (χ4n) is 1.68. The van der Waals surface area contributed by atoms with Gasteiger partial charge in [-0.25, -0.2) is 4.79 Å². The third-order valence-corrected chi connectivity index (χ3v) is 3.43. The van der Waals surface area contributed by atoms with Crippen LogP contribution in [0.3, 0.4) is 0 Å². The van der Waals surface area contributed by atoms with E-state index in [-0.39, 0.29) is 6.61 Å². The normalized spacial score (nSPS) is 10.8. The number of esters is 1. The van der Waals surface area contributed by atoms with Crippen molar-refractivity contribution in [1.82, 2.24) is 0 Å². The molecule has 2 nitrogen and oxygen atoms in total. The minimum absolute atomic E-state index is 0.248. The van der Waals surface area contributed by atoms with Gasteiger partial charge in [0.15, 0.2) is 0 Å². The Morgan fingerprint density at radius 1 is 1.14 bits per heavy atom. The summed E-state index contributed by atoms with van der Waals surface area (Å²) in [6, 6.07) is 12.9. The molecule has 2 aromatic rings. The molecule has 0 aliphatic carbocycles. The van der Waals surface area contributed by atoms with Crippen molar-refractivity contribution in [3.63, 3.8) is 0 Å². The number of halogens is 2. The molecule has 0 aliphatic rings. The highest BCUT2D eigenvalue weighted by Crippen LogP contribution is 2.22. The molecular weight excluding hydrogens is 307 g/mol. The number of hydrogen-bond donors (Lipinski definition) is 0. The summed E-state index contributed by atoms with van der Waals surface area (Å²) in [4.78, 5) is 11.7. The Bertz CT molecular complexity index is 661. The van der Waals surface area contributed by atoms with Gasteiger partial charge in [0.2, 0.25) is 0 Å². The van der Waals surface area contributed by atoms with Crippen molar-refractivity contribution in [1.29, 1.82) is 0 Å². The van der Waals surface area contributed by atoms with Crippen LogP contribution in [0.2, 0.25) is 10.0 Å². The molecule has 0 aliphatic heterocycles. The van der Waals surface area contributed by atoms with Crippen molar-refractivity contribution in [3.8, 4) is 0 Å². The van der Waals surface area contributed by atoms with Gasteiger partial charge in [0.1, 0.15) is 6.61 Å². The van der Waals surface area contributed by atoms with Gasteiger partial charge in [-0.3, -0.25) is 0 Å². The van der Waals surface area contributed by atoms with E-state index in [2.05, 4.69) is 0 Å². The van der Waals surface area contributed by atoms with E-state index in [9.17, 15) is 4.79 Å². The largest absolute Gasteiger partial charge is 0.458 e. The van der Waals surface area contributed by atoms with E-state index < -0.39 is 5.97 Å². The molecule has 21 heavy (non-hydrogen) atoms. The molecule has 0 saturated heterocycles. The first-order valence-electron chi connectivity index (χ1n) is 6.40. The predicted molar refractivity (Wildman–Crippen MR) is 86.5 cm³/mol. The van der Waals surface area contributed by atoms with E-state index in [0.717, 1.165) is 5.56 Å². The number of rotatable bonds is 4. The van der Waals surface area contributed by atoms with Crippen LogP contribution in [0.1, 0.15) is 16.7 Å². The summed E-state index contributed by atoms with van der Waals surface area (Å²) in [5, 5.41) is 1.05. The first-order valence-corrected chi connectivity index (χ1v) is 7.15. The van der Waals surface area contributed by atoms with Crippen LogP contribution in [0.15, 0.2) is 48.5 Å². The van der Waals surface area contributed by atoms with E-state index in [1.165, 1.54) is 11.6 Å². The summed E-state index contributed by atoms with van der Waals surface area (Å²) >= 11 is 11.8. The number of benzene rings is 2. The van der Waals surface area contributed by atoms with Gasteiger partial charge in [-0.05, 0) is 36.3 Å². The van der Waals surface area contributed by atoms with E-state index in [4.69, 9.17) is 27.9 Å². The van der Waals surface area contributed by atoms with Gasteiger partial charge in [-0.15, -0.1) is 0 Å². The van der Waals surface area contributed by atoms with Crippen molar-refractivity contribution in [2.45, 2.75) is 13.5 Å². The van der Waals surface area contributed by atoms with Gasteiger partial charge in [0, 0.05) is 16.1 Å². The summed E-state index contributed by atoms with van der Waals surface area (Å²) in [7, 11) is 0. The summed E-state index contributed by atoms with van der Waals surface area (Å²) in [6.45, 7) is 2.26. The molecule has 0 amide bonds. The number of hydrogen-bond acceptors (Lipinski definition) is 2. The van der Waals surface area contributed by atoms with Crippen molar-refractivity contribution in [3.05, 3.63) is 75.3 Å². The smallest absolute Gasteiger partial charge is 0.331 e. The Balaban J connectivity index is 1.92. The minimum atomic E-state index is -0.415. The van der Waals surface area contributed by atoms with Gasteiger partial charge in [-0.2, -0.15) is 0 Å². The lowest BCUT2D eigenvalue weighted by atomic mass is 10.2. The second kappa shape index (κ2) is 7.30. The summed E-state index contributed by atoms with van der Waals surface area (Å²) in [5.74, 6) is -0.415. The molecule has 0 unspecified atom stereocenters. The van der Waals surface area contributed by atoms with Crippen molar-refractivity contribution < 1.29 is 9.53 Å². The van der Waals surface area contributed by atoms with E-state index >= 15 is 0 Å². The Morgan fingerprint density at radius 3 is 2.52 bits per heavy atom. The molecule has 108 valence electrons. The van der Waals surface area contributed by atoms with Crippen LogP contribution < -0.4 is 0 Å². The van der Waals surface area contributed by atoms with Crippen molar-refractivity contribution in [2.75, 3.05) is 0 Å². The highest BCUT2D eigenvalue weighted by molar-refractivity contribution is 6.35. The number of aryl methyl sites for hydroxylation is 1. The molecule has 0 bridgehead atoms. The zero-order chi connectivity index (χ0) is 15.2. The summed E-state index contributed by atoms with van der Waals surface area (Å²) in [5.41, 5.74) is 2.84. The fourth-order valence-corrected chi connectivity index (χ4v) is 2.15. The lowest BCUT2D eigenvalue weighted by Gasteiger charge is -2.03. The Hall–Kier alpha value is -1.77. The van der Waals surface area contributed by atoms with Crippen LogP contribution in [-0.4, -0.2) is 5.97 Å². The molecular formula is C17H14Cl2O2. The molecule has 2 aromatic carbocycles. The number of carbonyl (C=O) groups excluding carboxylic acids is 1. The molecule has 0 aromatic heterocycles. The molecule has 0 atom stereocenters. The maximum absolute atomic E-state index is 11.7. The molecule has 0 spiro atoms. The first-order chi connectivity index (χ1) is 10.0. The van der Waals surface area contributed by atoms with Gasteiger partial charge in [-0.1, -0.05) is 59.1 Å². The van der Waals surface area contributed by atoms with Crippen LogP contribution in [0.4, 0.5) is 0 Å². The number of carbonyl (C=O) groups is 1. The van der Waals surface area contributed by atoms with Crippen LogP contribution in [0.25, 0.3) is 6.08 Å². The minimum Gasteiger partial charge on any atom is -0.458 e. The van der Waals surface area contributed by atoms with E-state index in [0.29, 0.717) is 15.6 Å². The van der Waals surface area contributed by atoms with Gasteiger partial charge in [0.25, 0.3) is 0 Å². The van der Waals surface area contributed by atoms with Gasteiger partial charge < -0.3 is 4.74 Å². The summed E-state index contributed by atoms with van der Waals surface area (Å²) in [6.07, 6.45) is 2.96. The Kier molecular flexibility index (Phi) is 5.43. The van der Waals surface area contributed by atoms with Crippen LogP contribution in [-0.2, 0) is 16.1 Å². The lowest BCUT2D eigenvalue weighted by Crippen LogP contribution is -2.00.